The summed E-state index contributed by atoms with van der Waals surface area (Å²) in [6.07, 6.45) is 4.02. The van der Waals surface area contributed by atoms with Crippen molar-refractivity contribution >= 4 is 38.0 Å². The van der Waals surface area contributed by atoms with Gasteiger partial charge in [0.25, 0.3) is 0 Å². The van der Waals surface area contributed by atoms with Gasteiger partial charge in [0, 0.05) is 51.5 Å². The van der Waals surface area contributed by atoms with Gasteiger partial charge in [-0.3, -0.25) is 4.79 Å². The number of benzene rings is 3. The van der Waals surface area contributed by atoms with Crippen LogP contribution in [0.1, 0.15) is 68.8 Å². The number of ether oxygens (including phenoxy) is 1. The van der Waals surface area contributed by atoms with Crippen LogP contribution in [0.15, 0.2) is 66.2 Å². The molecule has 11 heteroatoms. The number of hydrogen-bond acceptors (Lipinski definition) is 6. The van der Waals surface area contributed by atoms with Crippen LogP contribution in [-0.2, 0) is 32.9 Å². The molecule has 1 atom stereocenters. The quantitative estimate of drug-likeness (QED) is 0.195. The highest BCUT2D eigenvalue weighted by atomic mass is 32.2. The van der Waals surface area contributed by atoms with Crippen molar-refractivity contribution in [1.29, 1.82) is 0 Å². The fourth-order valence-electron chi connectivity index (χ4n) is 6.74. The Morgan fingerprint density at radius 2 is 1.88 bits per heavy atom. The van der Waals surface area contributed by atoms with Gasteiger partial charge in [0.2, 0.25) is 0 Å². The minimum atomic E-state index is -3.57. The van der Waals surface area contributed by atoms with Crippen molar-refractivity contribution in [2.45, 2.75) is 64.7 Å². The average molecular weight is 693 g/mol. The molecule has 4 bridgehead atoms. The number of aromatic nitrogens is 2. The maximum atomic E-state index is 15.6. The highest BCUT2D eigenvalue weighted by molar-refractivity contribution is 7.91. The molecule has 0 saturated carbocycles. The molecule has 48 heavy (non-hydrogen) atoms. The number of rotatable bonds is 4. The second-order valence-corrected chi connectivity index (χ2v) is 16.7. The van der Waals surface area contributed by atoms with E-state index in [-0.39, 0.29) is 41.4 Å². The van der Waals surface area contributed by atoms with Gasteiger partial charge in [-0.15, -0.1) is 11.3 Å². The van der Waals surface area contributed by atoms with E-state index in [1.165, 1.54) is 35.6 Å². The van der Waals surface area contributed by atoms with E-state index in [0.29, 0.717) is 47.2 Å². The highest BCUT2D eigenvalue weighted by Gasteiger charge is 2.34. The number of carbonyl (C=O) groups is 1. The van der Waals surface area contributed by atoms with Crippen molar-refractivity contribution in [2.24, 2.45) is 5.41 Å². The van der Waals surface area contributed by atoms with Crippen molar-refractivity contribution in [2.75, 3.05) is 11.5 Å². The van der Waals surface area contributed by atoms with Crippen molar-refractivity contribution in [1.82, 2.24) is 9.97 Å². The number of H-pyrrole nitrogens is 1. The zero-order valence-electron chi connectivity index (χ0n) is 27.1. The molecule has 7 nitrogen and oxygen atoms in total. The Hall–Kier alpha value is -4.09. The number of aliphatic carboxylic acids is 1. The first-order valence-corrected chi connectivity index (χ1v) is 18.7. The molecule has 0 fully saturated rings. The Morgan fingerprint density at radius 3 is 2.67 bits per heavy atom. The molecule has 1 aliphatic heterocycles. The van der Waals surface area contributed by atoms with Crippen LogP contribution in [0.3, 0.4) is 0 Å². The molecule has 3 heterocycles. The lowest BCUT2D eigenvalue weighted by atomic mass is 9.74. The number of halogens is 2. The summed E-state index contributed by atoms with van der Waals surface area (Å²) in [6.45, 7) is 5.97. The maximum absolute atomic E-state index is 15.6. The third kappa shape index (κ3) is 7.17. The molecule has 252 valence electrons. The fourth-order valence-corrected chi connectivity index (χ4v) is 9.71. The Bertz CT molecular complexity index is 2100. The maximum Gasteiger partial charge on any atom is 0.303 e. The Morgan fingerprint density at radius 1 is 1.06 bits per heavy atom. The van der Waals surface area contributed by atoms with Crippen LogP contribution in [0, 0.1) is 17.0 Å². The van der Waals surface area contributed by atoms with Crippen LogP contribution in [0.2, 0.25) is 0 Å². The summed E-state index contributed by atoms with van der Waals surface area (Å²) >= 11 is 1.30. The number of aryl methyl sites for hydroxylation is 2. The van der Waals surface area contributed by atoms with E-state index in [0.717, 1.165) is 16.8 Å². The van der Waals surface area contributed by atoms with Crippen LogP contribution in [0.4, 0.5) is 8.78 Å². The lowest BCUT2D eigenvalue weighted by Gasteiger charge is -2.31. The molecule has 6 rings (SSSR count). The predicted molar refractivity (Wildman–Crippen MR) is 185 cm³/mol. The summed E-state index contributed by atoms with van der Waals surface area (Å²) in [5.74, 6) is -2.16. The molecule has 0 aliphatic carbocycles. The van der Waals surface area contributed by atoms with E-state index in [2.05, 4.69) is 11.9 Å². The summed E-state index contributed by atoms with van der Waals surface area (Å²) < 4.78 is 64.3. The molecule has 0 amide bonds. The fraction of sp³-hybridized carbons (Fsp3) is 0.351. The minimum absolute atomic E-state index is 0.00576. The number of aromatic amines is 1. The van der Waals surface area contributed by atoms with Gasteiger partial charge in [0.1, 0.15) is 16.6 Å². The van der Waals surface area contributed by atoms with Crippen molar-refractivity contribution < 1.29 is 31.8 Å². The molecule has 0 radical (unpaired) electrons. The second kappa shape index (κ2) is 13.1. The third-order valence-electron chi connectivity index (χ3n) is 9.32. The number of nitrogens with one attached hydrogen (secondary N) is 1. The number of carboxylic acid groups (broad SMARTS) is 1. The zero-order chi connectivity index (χ0) is 34.3. The largest absolute Gasteiger partial charge is 0.481 e. The number of hydrogen-bond donors (Lipinski definition) is 2. The first-order chi connectivity index (χ1) is 22.7. The molecular weight excluding hydrogens is 655 g/mol. The molecule has 2 N–H and O–H groups in total. The van der Waals surface area contributed by atoms with Crippen LogP contribution in [0.25, 0.3) is 21.5 Å². The van der Waals surface area contributed by atoms with E-state index in [1.807, 2.05) is 43.5 Å². The van der Waals surface area contributed by atoms with E-state index in [9.17, 15) is 18.3 Å². The molecule has 2 aromatic heterocycles. The van der Waals surface area contributed by atoms with Gasteiger partial charge >= 0.3 is 5.97 Å². The van der Waals surface area contributed by atoms with Gasteiger partial charge in [-0.05, 0) is 73.4 Å². The molecule has 0 saturated heterocycles. The summed E-state index contributed by atoms with van der Waals surface area (Å²) in [4.78, 5) is 19.2. The molecule has 3 aromatic carbocycles. The van der Waals surface area contributed by atoms with E-state index >= 15 is 8.78 Å². The summed E-state index contributed by atoms with van der Waals surface area (Å²) in [7, 11) is -3.57. The Kier molecular flexibility index (Phi) is 9.21. The number of thiazole rings is 1. The monoisotopic (exact) mass is 692 g/mol. The number of nitrogens with zero attached hydrogens (tertiary/aromatic N) is 1. The van der Waals surface area contributed by atoms with Gasteiger partial charge in [-0.1, -0.05) is 44.5 Å². The van der Waals surface area contributed by atoms with Gasteiger partial charge in [-0.2, -0.15) is 0 Å². The molecule has 1 aliphatic rings. The van der Waals surface area contributed by atoms with Crippen LogP contribution in [-0.4, -0.2) is 41.0 Å². The van der Waals surface area contributed by atoms with Crippen LogP contribution < -0.4 is 4.74 Å². The topological polar surface area (TPSA) is 109 Å². The van der Waals surface area contributed by atoms with Gasteiger partial charge in [0.05, 0.1) is 17.2 Å². The first-order valence-electron chi connectivity index (χ1n) is 16.0. The van der Waals surface area contributed by atoms with E-state index in [4.69, 9.17) is 9.72 Å². The number of carboxylic acids is 1. The number of fused-ring (bicyclic) bond motifs is 8. The van der Waals surface area contributed by atoms with E-state index < -0.39 is 38.3 Å². The molecule has 0 spiro atoms. The lowest BCUT2D eigenvalue weighted by molar-refractivity contribution is -0.136. The Balaban J connectivity index is 1.47. The number of sulfone groups is 1. The lowest BCUT2D eigenvalue weighted by Crippen LogP contribution is -2.29. The second-order valence-electron chi connectivity index (χ2n) is 13.7. The Labute approximate surface area is 282 Å². The minimum Gasteiger partial charge on any atom is -0.481 e. The summed E-state index contributed by atoms with van der Waals surface area (Å²) in [5.41, 5.74) is 2.53. The summed E-state index contributed by atoms with van der Waals surface area (Å²) in [5, 5.41) is 12.3. The van der Waals surface area contributed by atoms with Crippen molar-refractivity contribution in [3.8, 4) is 22.1 Å². The van der Waals surface area contributed by atoms with Crippen molar-refractivity contribution in [3.63, 3.8) is 0 Å². The predicted octanol–water partition coefficient (Wildman–Crippen LogP) is 8.85. The third-order valence-corrected chi connectivity index (χ3v) is 12.2. The van der Waals surface area contributed by atoms with Gasteiger partial charge < -0.3 is 14.8 Å². The highest BCUT2D eigenvalue weighted by Crippen LogP contribution is 2.43. The van der Waals surface area contributed by atoms with Gasteiger partial charge in [0.15, 0.2) is 21.4 Å². The van der Waals surface area contributed by atoms with Gasteiger partial charge in [-0.25, -0.2) is 22.2 Å². The van der Waals surface area contributed by atoms with E-state index in [1.54, 1.807) is 12.3 Å². The SMILES string of the molecule is CC1(C)CCCC(C)(c2cccc(CCC(=O)O)c2)c2csc(n2)-c2cc(ccc2F)Oc2c(F)cc3[nH]ccc3c2CCS(=O)(=O)C1. The van der Waals surface area contributed by atoms with Crippen LogP contribution >= 0.6 is 11.3 Å². The smallest absolute Gasteiger partial charge is 0.303 e. The first kappa shape index (κ1) is 33.8. The van der Waals surface area contributed by atoms with Crippen molar-refractivity contribution in [3.05, 3.63) is 100 Å². The summed E-state index contributed by atoms with van der Waals surface area (Å²) in [6, 6.07) is 15.1. The zero-order valence-corrected chi connectivity index (χ0v) is 28.7. The molecular formula is C37H38F2N2O5S2. The standard InChI is InChI=1S/C37H38F2N2O5S2/c1-36(2)14-5-15-37(3,24-7-4-6-23(18-24)8-11-33(42)43)32-21-47-35(41-32)28-19-25(9-10-29(28)38)46-34-27(13-17-48(44,45)22-36)26-12-16-40-31(26)20-30(34)39/h4,6-7,9-10,12,16,18-21,40H,5,8,11,13-15,17,22H2,1-3H3,(H,42,43). The molecule has 5 aromatic rings. The average Bonchev–Trinajstić information content (AvgIpc) is 3.70. The van der Waals surface area contributed by atoms with Crippen LogP contribution in [0.5, 0.6) is 11.5 Å². The molecule has 1 unspecified atom stereocenters. The normalized spacial score (nSPS) is 19.5.